The van der Waals surface area contributed by atoms with Crippen molar-refractivity contribution in [2.75, 3.05) is 31.1 Å². The summed E-state index contributed by atoms with van der Waals surface area (Å²) in [7, 11) is 0. The number of H-pyrrole nitrogens is 1. The van der Waals surface area contributed by atoms with E-state index in [9.17, 15) is 0 Å². The van der Waals surface area contributed by atoms with Crippen LogP contribution in [0.3, 0.4) is 0 Å². The Morgan fingerprint density at radius 3 is 2.74 bits per heavy atom. The predicted octanol–water partition coefficient (Wildman–Crippen LogP) is 3.65. The van der Waals surface area contributed by atoms with Gasteiger partial charge in [0.2, 0.25) is 0 Å². The van der Waals surface area contributed by atoms with E-state index in [0.717, 1.165) is 43.0 Å². The van der Waals surface area contributed by atoms with Crippen LogP contribution < -0.4 is 4.90 Å². The summed E-state index contributed by atoms with van der Waals surface area (Å²) in [5.41, 5.74) is 2.57. The molecule has 0 unspecified atom stereocenters. The molecule has 2 aromatic heterocycles. The van der Waals surface area contributed by atoms with E-state index in [0.29, 0.717) is 0 Å². The molecule has 5 heteroatoms. The average molecular weight is 371 g/mol. The number of fused-ring (bicyclic) bond motifs is 1. The highest BCUT2D eigenvalue weighted by Gasteiger charge is 2.18. The first-order valence-corrected chi connectivity index (χ1v) is 8.73. The Morgan fingerprint density at radius 2 is 1.96 bits per heavy atom. The summed E-state index contributed by atoms with van der Waals surface area (Å²) in [6, 6.07) is 12.5. The van der Waals surface area contributed by atoms with Crippen molar-refractivity contribution >= 4 is 32.7 Å². The molecule has 1 N–H and O–H groups in total. The number of pyridine rings is 1. The highest BCUT2D eigenvalue weighted by Crippen LogP contribution is 2.24. The molecule has 3 aromatic rings. The largest absolute Gasteiger partial charge is 0.361 e. The molecule has 0 spiro atoms. The molecule has 4 rings (SSSR count). The number of nitrogens with zero attached hydrogens (tertiary/aromatic N) is 3. The SMILES string of the molecule is Brc1ccc2[nH]cc(CN3CCN(c4ccccn4)CC3)c2c1. The molecule has 0 saturated carbocycles. The maximum absolute atomic E-state index is 4.45. The molecule has 0 amide bonds. The van der Waals surface area contributed by atoms with E-state index < -0.39 is 0 Å². The lowest BCUT2D eigenvalue weighted by atomic mass is 10.1. The summed E-state index contributed by atoms with van der Waals surface area (Å²) in [6.45, 7) is 5.19. The number of hydrogen-bond acceptors (Lipinski definition) is 3. The van der Waals surface area contributed by atoms with Crippen LogP contribution in [-0.2, 0) is 6.54 Å². The van der Waals surface area contributed by atoms with Crippen LogP contribution in [0.4, 0.5) is 5.82 Å². The second-order valence-electron chi connectivity index (χ2n) is 5.95. The van der Waals surface area contributed by atoms with E-state index in [1.165, 1.54) is 16.5 Å². The van der Waals surface area contributed by atoms with Gasteiger partial charge in [-0.2, -0.15) is 0 Å². The van der Waals surface area contributed by atoms with Gasteiger partial charge in [-0.05, 0) is 35.9 Å². The standard InChI is InChI=1S/C18H19BrN4/c19-15-4-5-17-16(11-15)14(12-21-17)13-22-7-9-23(10-8-22)18-3-1-2-6-20-18/h1-6,11-12,21H,7-10,13H2. The molecule has 0 radical (unpaired) electrons. The van der Waals surface area contributed by atoms with Crippen LogP contribution in [0.25, 0.3) is 10.9 Å². The Bertz CT molecular complexity index is 791. The second-order valence-corrected chi connectivity index (χ2v) is 6.87. The van der Waals surface area contributed by atoms with Crippen molar-refractivity contribution in [3.8, 4) is 0 Å². The van der Waals surface area contributed by atoms with Gasteiger partial charge >= 0.3 is 0 Å². The van der Waals surface area contributed by atoms with E-state index in [1.807, 2.05) is 12.3 Å². The highest BCUT2D eigenvalue weighted by molar-refractivity contribution is 9.10. The number of benzene rings is 1. The number of aromatic amines is 1. The molecule has 0 aliphatic carbocycles. The minimum absolute atomic E-state index is 0.993. The van der Waals surface area contributed by atoms with Crippen molar-refractivity contribution in [3.05, 3.63) is 58.8 Å². The Labute approximate surface area is 144 Å². The van der Waals surface area contributed by atoms with Crippen LogP contribution in [0, 0.1) is 0 Å². The summed E-state index contributed by atoms with van der Waals surface area (Å²) < 4.78 is 1.13. The topological polar surface area (TPSA) is 35.2 Å². The van der Waals surface area contributed by atoms with Crippen LogP contribution in [0.2, 0.25) is 0 Å². The third-order valence-electron chi connectivity index (χ3n) is 4.47. The maximum Gasteiger partial charge on any atom is 0.128 e. The lowest BCUT2D eigenvalue weighted by Gasteiger charge is -2.35. The van der Waals surface area contributed by atoms with Crippen molar-refractivity contribution in [1.29, 1.82) is 0 Å². The van der Waals surface area contributed by atoms with Gasteiger partial charge < -0.3 is 9.88 Å². The van der Waals surface area contributed by atoms with Crippen LogP contribution in [-0.4, -0.2) is 41.0 Å². The van der Waals surface area contributed by atoms with Gasteiger partial charge in [-0.1, -0.05) is 22.0 Å². The molecule has 3 heterocycles. The van der Waals surface area contributed by atoms with Gasteiger partial charge in [0.25, 0.3) is 0 Å². The molecule has 1 aromatic carbocycles. The van der Waals surface area contributed by atoms with Crippen molar-refractivity contribution in [2.45, 2.75) is 6.54 Å². The highest BCUT2D eigenvalue weighted by atomic mass is 79.9. The normalized spacial score (nSPS) is 16.1. The van der Waals surface area contributed by atoms with Gasteiger partial charge in [-0.3, -0.25) is 4.90 Å². The second kappa shape index (κ2) is 6.34. The molecule has 0 atom stereocenters. The predicted molar refractivity (Wildman–Crippen MR) is 97.7 cm³/mol. The van der Waals surface area contributed by atoms with Crippen LogP contribution in [0.1, 0.15) is 5.56 Å². The van der Waals surface area contributed by atoms with Gasteiger partial charge in [0.1, 0.15) is 5.82 Å². The summed E-state index contributed by atoms with van der Waals surface area (Å²) in [6.07, 6.45) is 4.01. The maximum atomic E-state index is 4.45. The number of rotatable bonds is 3. The summed E-state index contributed by atoms with van der Waals surface area (Å²) in [4.78, 5) is 12.7. The van der Waals surface area contributed by atoms with Crippen molar-refractivity contribution in [2.24, 2.45) is 0 Å². The third-order valence-corrected chi connectivity index (χ3v) is 4.96. The molecular formula is C18H19BrN4. The summed E-state index contributed by atoms with van der Waals surface area (Å²) in [5, 5.41) is 1.31. The van der Waals surface area contributed by atoms with E-state index in [1.54, 1.807) is 0 Å². The number of hydrogen-bond donors (Lipinski definition) is 1. The molecule has 1 aliphatic heterocycles. The van der Waals surface area contributed by atoms with Crippen LogP contribution in [0.15, 0.2) is 53.3 Å². The fourth-order valence-electron chi connectivity index (χ4n) is 3.20. The summed E-state index contributed by atoms with van der Waals surface area (Å²) >= 11 is 3.57. The van der Waals surface area contributed by atoms with Crippen LogP contribution in [0.5, 0.6) is 0 Å². The van der Waals surface area contributed by atoms with E-state index in [2.05, 4.69) is 72.2 Å². The zero-order valence-corrected chi connectivity index (χ0v) is 14.5. The van der Waals surface area contributed by atoms with Gasteiger partial charge in [0, 0.05) is 60.5 Å². The van der Waals surface area contributed by atoms with E-state index in [-0.39, 0.29) is 0 Å². The quantitative estimate of drug-likeness (QED) is 0.764. The van der Waals surface area contributed by atoms with Crippen molar-refractivity contribution < 1.29 is 0 Å². The van der Waals surface area contributed by atoms with Gasteiger partial charge in [-0.15, -0.1) is 0 Å². The Kier molecular flexibility index (Phi) is 4.06. The molecule has 118 valence electrons. The Balaban J connectivity index is 1.44. The lowest BCUT2D eigenvalue weighted by molar-refractivity contribution is 0.250. The Hall–Kier alpha value is -1.85. The third kappa shape index (κ3) is 3.12. The zero-order chi connectivity index (χ0) is 15.6. The van der Waals surface area contributed by atoms with Gasteiger partial charge in [0.15, 0.2) is 0 Å². The number of nitrogens with one attached hydrogen (secondary N) is 1. The number of anilines is 1. The van der Waals surface area contributed by atoms with Crippen molar-refractivity contribution in [3.63, 3.8) is 0 Å². The van der Waals surface area contributed by atoms with Crippen molar-refractivity contribution in [1.82, 2.24) is 14.9 Å². The first-order valence-electron chi connectivity index (χ1n) is 7.93. The Morgan fingerprint density at radius 1 is 1.09 bits per heavy atom. The monoisotopic (exact) mass is 370 g/mol. The average Bonchev–Trinajstić information content (AvgIpc) is 2.98. The first-order chi connectivity index (χ1) is 11.3. The summed E-state index contributed by atoms with van der Waals surface area (Å²) in [5.74, 6) is 1.09. The van der Waals surface area contributed by atoms with Gasteiger partial charge in [-0.25, -0.2) is 4.98 Å². The van der Waals surface area contributed by atoms with E-state index in [4.69, 9.17) is 0 Å². The van der Waals surface area contributed by atoms with Crippen LogP contribution >= 0.6 is 15.9 Å². The molecule has 1 aliphatic rings. The number of halogens is 1. The molecule has 4 nitrogen and oxygen atoms in total. The van der Waals surface area contributed by atoms with E-state index >= 15 is 0 Å². The fraction of sp³-hybridized carbons (Fsp3) is 0.278. The smallest absolute Gasteiger partial charge is 0.128 e. The molecule has 23 heavy (non-hydrogen) atoms. The molecule has 0 bridgehead atoms. The first kappa shape index (κ1) is 14.7. The lowest BCUT2D eigenvalue weighted by Crippen LogP contribution is -2.46. The molecule has 1 saturated heterocycles. The van der Waals surface area contributed by atoms with Gasteiger partial charge in [0.05, 0.1) is 0 Å². The number of piperazine rings is 1. The number of aromatic nitrogens is 2. The minimum atomic E-state index is 0.993. The minimum Gasteiger partial charge on any atom is -0.361 e. The molecule has 1 fully saturated rings. The zero-order valence-electron chi connectivity index (χ0n) is 12.9. The molecular weight excluding hydrogens is 352 g/mol. The fourth-order valence-corrected chi connectivity index (χ4v) is 3.56.